The highest BCUT2D eigenvalue weighted by Crippen LogP contribution is 2.24. The molecule has 1 amide bonds. The fourth-order valence-electron chi connectivity index (χ4n) is 1.61. The molecule has 108 valence electrons. The predicted molar refractivity (Wildman–Crippen MR) is 83.4 cm³/mol. The minimum atomic E-state index is -0.654. The molecule has 0 aromatic heterocycles. The van der Waals surface area contributed by atoms with E-state index in [-0.39, 0.29) is 27.0 Å². The van der Waals surface area contributed by atoms with E-state index in [9.17, 15) is 14.3 Å². The summed E-state index contributed by atoms with van der Waals surface area (Å²) in [4.78, 5) is 12.0. The molecule has 0 unspecified atom stereocenters. The number of nitrogens with two attached hydrogens (primary N) is 1. The summed E-state index contributed by atoms with van der Waals surface area (Å²) >= 11 is 10.5. The molecule has 2 aromatic carbocycles. The Morgan fingerprint density at radius 2 is 1.90 bits per heavy atom. The van der Waals surface area contributed by atoms with Gasteiger partial charge in [0.05, 0.1) is 10.7 Å². The van der Waals surface area contributed by atoms with Crippen LogP contribution in [0.2, 0.25) is 5.02 Å². The van der Waals surface area contributed by atoms with E-state index in [2.05, 4.69) is 5.32 Å². The minimum Gasteiger partial charge on any atom is -0.506 e. The largest absolute Gasteiger partial charge is 0.506 e. The molecule has 0 bridgehead atoms. The molecule has 0 fully saturated rings. The van der Waals surface area contributed by atoms with Gasteiger partial charge in [-0.15, -0.1) is 0 Å². The standard InChI is InChI=1S/C14H10ClFN2O2S/c15-9-5-8(2-4-12(9)19)14(20)18-11-3-1-7(13(17)21)6-10(11)16/h1-6,19H,(H2,17,21)(H,18,20). The third kappa shape index (κ3) is 3.48. The Hall–Kier alpha value is -2.18. The Bertz CT molecular complexity index is 737. The van der Waals surface area contributed by atoms with Gasteiger partial charge in [0.2, 0.25) is 0 Å². The molecule has 21 heavy (non-hydrogen) atoms. The monoisotopic (exact) mass is 324 g/mol. The summed E-state index contributed by atoms with van der Waals surface area (Å²) in [5.74, 6) is -1.35. The zero-order valence-electron chi connectivity index (χ0n) is 10.6. The van der Waals surface area contributed by atoms with Crippen molar-refractivity contribution in [3.05, 3.63) is 58.4 Å². The summed E-state index contributed by atoms with van der Waals surface area (Å²) in [6, 6.07) is 7.95. The third-order valence-electron chi connectivity index (χ3n) is 2.71. The minimum absolute atomic E-state index is 0.0100. The molecule has 0 atom stereocenters. The molecule has 4 nitrogen and oxygen atoms in total. The molecule has 0 aliphatic carbocycles. The van der Waals surface area contributed by atoms with Gasteiger partial charge in [-0.05, 0) is 36.4 Å². The summed E-state index contributed by atoms with van der Waals surface area (Å²) in [5, 5.41) is 11.7. The maximum atomic E-state index is 13.8. The number of benzene rings is 2. The Balaban J connectivity index is 2.23. The number of phenols is 1. The molecule has 2 rings (SSSR count). The number of hydrogen-bond acceptors (Lipinski definition) is 3. The molecule has 0 saturated heterocycles. The van der Waals surface area contributed by atoms with Crippen LogP contribution in [0.25, 0.3) is 0 Å². The normalized spacial score (nSPS) is 10.2. The number of nitrogens with one attached hydrogen (secondary N) is 1. The number of amides is 1. The van der Waals surface area contributed by atoms with Crippen molar-refractivity contribution in [1.29, 1.82) is 0 Å². The lowest BCUT2D eigenvalue weighted by Gasteiger charge is -2.08. The molecule has 0 aliphatic heterocycles. The highest BCUT2D eigenvalue weighted by Gasteiger charge is 2.12. The average Bonchev–Trinajstić information content (AvgIpc) is 2.43. The molecule has 0 heterocycles. The maximum Gasteiger partial charge on any atom is 0.255 e. The van der Waals surface area contributed by atoms with E-state index in [4.69, 9.17) is 29.6 Å². The number of halogens is 2. The summed E-state index contributed by atoms with van der Waals surface area (Å²) in [6.07, 6.45) is 0. The molecular weight excluding hydrogens is 315 g/mol. The first-order valence-corrected chi connectivity index (χ1v) is 6.56. The number of phenolic OH excluding ortho intramolecular Hbond substituents is 1. The number of thiocarbonyl (C=S) groups is 1. The maximum absolute atomic E-state index is 13.8. The lowest BCUT2D eigenvalue weighted by atomic mass is 10.1. The fourth-order valence-corrected chi connectivity index (χ4v) is 1.92. The number of rotatable bonds is 3. The zero-order chi connectivity index (χ0) is 15.6. The molecule has 7 heteroatoms. The zero-order valence-corrected chi connectivity index (χ0v) is 12.1. The molecule has 0 aliphatic rings. The van der Waals surface area contributed by atoms with Crippen LogP contribution in [0.1, 0.15) is 15.9 Å². The number of carbonyl (C=O) groups excluding carboxylic acids is 1. The first-order valence-electron chi connectivity index (χ1n) is 5.77. The van der Waals surface area contributed by atoms with Crippen molar-refractivity contribution in [2.24, 2.45) is 5.73 Å². The van der Waals surface area contributed by atoms with Gasteiger partial charge < -0.3 is 16.2 Å². The van der Waals surface area contributed by atoms with Gasteiger partial charge in [0.25, 0.3) is 5.91 Å². The quantitative estimate of drug-likeness (QED) is 0.758. The first-order chi connectivity index (χ1) is 9.88. The van der Waals surface area contributed by atoms with Crippen LogP contribution in [0, 0.1) is 5.82 Å². The fraction of sp³-hybridized carbons (Fsp3) is 0. The predicted octanol–water partition coefficient (Wildman–Crippen LogP) is 3.07. The van der Waals surface area contributed by atoms with Crippen LogP contribution in [0.5, 0.6) is 5.75 Å². The lowest BCUT2D eigenvalue weighted by molar-refractivity contribution is 0.102. The van der Waals surface area contributed by atoms with Crippen LogP contribution in [0.15, 0.2) is 36.4 Å². The number of carbonyl (C=O) groups is 1. The van der Waals surface area contributed by atoms with Gasteiger partial charge in [-0.3, -0.25) is 4.79 Å². The van der Waals surface area contributed by atoms with Crippen LogP contribution in [0.3, 0.4) is 0 Å². The van der Waals surface area contributed by atoms with Crippen LogP contribution < -0.4 is 11.1 Å². The van der Waals surface area contributed by atoms with Crippen LogP contribution >= 0.6 is 23.8 Å². The van der Waals surface area contributed by atoms with Gasteiger partial charge in [0.1, 0.15) is 16.6 Å². The van der Waals surface area contributed by atoms with E-state index in [0.717, 1.165) is 6.07 Å². The Labute approximate surface area is 130 Å². The molecule has 0 saturated carbocycles. The van der Waals surface area contributed by atoms with Crippen molar-refractivity contribution < 1.29 is 14.3 Å². The van der Waals surface area contributed by atoms with Crippen LogP contribution in [-0.4, -0.2) is 16.0 Å². The van der Waals surface area contributed by atoms with E-state index < -0.39 is 11.7 Å². The van der Waals surface area contributed by atoms with Crippen molar-refractivity contribution in [3.63, 3.8) is 0 Å². The number of aromatic hydroxyl groups is 1. The van der Waals surface area contributed by atoms with Gasteiger partial charge in [-0.25, -0.2) is 4.39 Å². The summed E-state index contributed by atoms with van der Waals surface area (Å²) in [6.45, 7) is 0. The van der Waals surface area contributed by atoms with E-state index in [1.807, 2.05) is 0 Å². The number of hydrogen-bond donors (Lipinski definition) is 3. The molecule has 0 spiro atoms. The second kappa shape index (κ2) is 6.07. The van der Waals surface area contributed by atoms with Crippen LogP contribution in [-0.2, 0) is 0 Å². The van der Waals surface area contributed by atoms with E-state index >= 15 is 0 Å². The second-order valence-electron chi connectivity index (χ2n) is 4.18. The molecule has 2 aromatic rings. The van der Waals surface area contributed by atoms with E-state index in [0.29, 0.717) is 5.56 Å². The van der Waals surface area contributed by atoms with Gasteiger partial charge >= 0.3 is 0 Å². The van der Waals surface area contributed by atoms with Gasteiger partial charge in [0, 0.05) is 11.1 Å². The lowest BCUT2D eigenvalue weighted by Crippen LogP contribution is -2.14. The topological polar surface area (TPSA) is 75.3 Å². The smallest absolute Gasteiger partial charge is 0.255 e. The van der Waals surface area contributed by atoms with Gasteiger partial charge in [-0.2, -0.15) is 0 Å². The first kappa shape index (κ1) is 15.2. The number of anilines is 1. The average molecular weight is 325 g/mol. The SMILES string of the molecule is NC(=S)c1ccc(NC(=O)c2ccc(O)c(Cl)c2)c(F)c1. The highest BCUT2D eigenvalue weighted by atomic mass is 35.5. The summed E-state index contributed by atoms with van der Waals surface area (Å²) in [7, 11) is 0. The highest BCUT2D eigenvalue weighted by molar-refractivity contribution is 7.80. The van der Waals surface area contributed by atoms with Crippen molar-refractivity contribution in [2.75, 3.05) is 5.32 Å². The van der Waals surface area contributed by atoms with E-state index in [1.165, 1.54) is 30.3 Å². The summed E-state index contributed by atoms with van der Waals surface area (Å²) < 4.78 is 13.8. The Morgan fingerprint density at radius 3 is 2.48 bits per heavy atom. The van der Waals surface area contributed by atoms with Crippen molar-refractivity contribution in [3.8, 4) is 5.75 Å². The van der Waals surface area contributed by atoms with Crippen molar-refractivity contribution in [2.45, 2.75) is 0 Å². The molecular formula is C14H10ClFN2O2S. The van der Waals surface area contributed by atoms with Crippen molar-refractivity contribution >= 4 is 40.4 Å². The Kier molecular flexibility index (Phi) is 4.40. The summed E-state index contributed by atoms with van der Waals surface area (Å²) in [5.41, 5.74) is 5.94. The van der Waals surface area contributed by atoms with Gasteiger partial charge in [0.15, 0.2) is 0 Å². The Morgan fingerprint density at radius 1 is 1.24 bits per heavy atom. The molecule has 0 radical (unpaired) electrons. The van der Waals surface area contributed by atoms with E-state index in [1.54, 1.807) is 0 Å². The molecule has 4 N–H and O–H groups in total. The second-order valence-corrected chi connectivity index (χ2v) is 5.03. The van der Waals surface area contributed by atoms with Crippen molar-refractivity contribution in [1.82, 2.24) is 0 Å². The third-order valence-corrected chi connectivity index (χ3v) is 3.25. The van der Waals surface area contributed by atoms with Gasteiger partial charge in [-0.1, -0.05) is 23.8 Å². The van der Waals surface area contributed by atoms with Crippen LogP contribution in [0.4, 0.5) is 10.1 Å².